The summed E-state index contributed by atoms with van der Waals surface area (Å²) in [6.07, 6.45) is -1.85. The van der Waals surface area contributed by atoms with E-state index in [4.69, 9.17) is 14.9 Å². The Balaban J connectivity index is 0. The molecule has 1 fully saturated rings. The highest BCUT2D eigenvalue weighted by molar-refractivity contribution is 5.70. The molecule has 1 heterocycles. The number of hydrogen-bond acceptors (Lipinski definition) is 5. The van der Waals surface area contributed by atoms with Crippen LogP contribution in [0.3, 0.4) is 0 Å². The third-order valence-electron chi connectivity index (χ3n) is 1.36. The molecular formula is C9H17F3O5. The van der Waals surface area contributed by atoms with Gasteiger partial charge < -0.3 is 19.7 Å². The van der Waals surface area contributed by atoms with E-state index in [1.54, 1.807) is 0 Å². The van der Waals surface area contributed by atoms with Gasteiger partial charge in [-0.15, -0.1) is 0 Å². The number of alkyl halides is 3. The minimum atomic E-state index is -4.40. The Kier molecular flexibility index (Phi) is 12.6. The predicted octanol–water partition coefficient (Wildman–Crippen LogP) is 0.490. The fraction of sp³-hybridized carbons (Fsp3) is 0.889. The summed E-state index contributed by atoms with van der Waals surface area (Å²) in [6.45, 7) is -0.260. The van der Waals surface area contributed by atoms with Crippen molar-refractivity contribution in [2.75, 3.05) is 33.5 Å². The molecular weight excluding hydrogens is 245 g/mol. The molecule has 8 heteroatoms. The maximum Gasteiger partial charge on any atom is 0.411 e. The molecule has 0 aromatic carbocycles. The van der Waals surface area contributed by atoms with Gasteiger partial charge in [-0.25, -0.2) is 4.79 Å². The number of esters is 1. The number of carbonyl (C=O) groups excluding carboxylic acids is 1. The molecule has 0 aromatic rings. The third kappa shape index (κ3) is 21.1. The molecule has 0 amide bonds. The second-order valence-corrected chi connectivity index (χ2v) is 2.83. The average molecular weight is 262 g/mol. The molecule has 1 aliphatic heterocycles. The number of hydrogen-bond donors (Lipinski definition) is 2. The van der Waals surface area contributed by atoms with Crippen molar-refractivity contribution in [2.45, 2.75) is 19.0 Å². The van der Waals surface area contributed by atoms with E-state index >= 15 is 0 Å². The highest BCUT2D eigenvalue weighted by atomic mass is 19.4. The lowest BCUT2D eigenvalue weighted by atomic mass is 10.4. The number of aliphatic hydroxyl groups is 2. The molecule has 1 aliphatic rings. The number of carbonyl (C=O) groups is 1. The quantitative estimate of drug-likeness (QED) is 0.673. The van der Waals surface area contributed by atoms with Crippen LogP contribution in [-0.2, 0) is 14.3 Å². The van der Waals surface area contributed by atoms with E-state index in [2.05, 4.69) is 4.74 Å². The molecule has 2 N–H and O–H groups in total. The van der Waals surface area contributed by atoms with E-state index in [1.165, 1.54) is 20.0 Å². The van der Waals surface area contributed by atoms with Crippen molar-refractivity contribution in [2.24, 2.45) is 0 Å². The monoisotopic (exact) mass is 262 g/mol. The number of rotatable bonds is 1. The number of methoxy groups -OCH3 is 1. The van der Waals surface area contributed by atoms with Gasteiger partial charge in [-0.1, -0.05) is 0 Å². The van der Waals surface area contributed by atoms with E-state index in [0.717, 1.165) is 13.2 Å². The van der Waals surface area contributed by atoms with E-state index in [0.29, 0.717) is 0 Å². The molecule has 0 saturated carbocycles. The van der Waals surface area contributed by atoms with Gasteiger partial charge in [-0.05, 0) is 12.8 Å². The summed E-state index contributed by atoms with van der Waals surface area (Å²) < 4.78 is 40.6. The summed E-state index contributed by atoms with van der Waals surface area (Å²) in [6, 6.07) is 0. The van der Waals surface area contributed by atoms with Crippen LogP contribution in [0.2, 0.25) is 0 Å². The number of aliphatic hydroxyl groups excluding tert-OH is 2. The van der Waals surface area contributed by atoms with Crippen molar-refractivity contribution in [1.29, 1.82) is 0 Å². The van der Waals surface area contributed by atoms with Crippen LogP contribution in [0.5, 0.6) is 0 Å². The Morgan fingerprint density at radius 2 is 1.71 bits per heavy atom. The normalized spacial score (nSPS) is 14.0. The summed E-state index contributed by atoms with van der Waals surface area (Å²) >= 11 is 0. The summed E-state index contributed by atoms with van der Waals surface area (Å²) in [5, 5.41) is 15.1. The largest absolute Gasteiger partial charge is 0.467 e. The van der Waals surface area contributed by atoms with Gasteiger partial charge >= 0.3 is 12.1 Å². The molecule has 17 heavy (non-hydrogen) atoms. The van der Waals surface area contributed by atoms with Gasteiger partial charge in [0.2, 0.25) is 0 Å². The molecule has 5 nitrogen and oxygen atoms in total. The Labute approximate surface area is 97.1 Å². The SMILES string of the molecule is C1CCOC1.COC(=O)CO.OCC(F)(F)F. The van der Waals surface area contributed by atoms with E-state index in [-0.39, 0.29) is 0 Å². The summed E-state index contributed by atoms with van der Waals surface area (Å²) in [5.74, 6) is -0.602. The van der Waals surface area contributed by atoms with Gasteiger partial charge in [-0.2, -0.15) is 13.2 Å². The average Bonchev–Trinajstić information content (AvgIpc) is 2.86. The second-order valence-electron chi connectivity index (χ2n) is 2.83. The summed E-state index contributed by atoms with van der Waals surface area (Å²) in [5.41, 5.74) is 0. The molecule has 0 bridgehead atoms. The molecule has 0 aliphatic carbocycles. The lowest BCUT2D eigenvalue weighted by Gasteiger charge is -1.95. The fourth-order valence-electron chi connectivity index (χ4n) is 0.575. The van der Waals surface area contributed by atoms with Crippen molar-refractivity contribution in [1.82, 2.24) is 0 Å². The molecule has 104 valence electrons. The van der Waals surface area contributed by atoms with Gasteiger partial charge in [0.05, 0.1) is 7.11 Å². The van der Waals surface area contributed by atoms with Gasteiger partial charge in [0.15, 0.2) is 0 Å². The first kappa shape index (κ1) is 18.5. The smallest absolute Gasteiger partial charge is 0.411 e. The van der Waals surface area contributed by atoms with Crippen LogP contribution in [0, 0.1) is 0 Å². The van der Waals surface area contributed by atoms with Gasteiger partial charge in [0, 0.05) is 13.2 Å². The summed E-state index contributed by atoms with van der Waals surface area (Å²) in [4.78, 5) is 9.71. The van der Waals surface area contributed by atoms with Crippen molar-refractivity contribution in [3.63, 3.8) is 0 Å². The van der Waals surface area contributed by atoms with Crippen LogP contribution in [0.4, 0.5) is 13.2 Å². The first-order valence-corrected chi connectivity index (χ1v) is 4.80. The topological polar surface area (TPSA) is 76.0 Å². The highest BCUT2D eigenvalue weighted by Crippen LogP contribution is 2.11. The lowest BCUT2D eigenvalue weighted by Crippen LogP contribution is -2.12. The fourth-order valence-corrected chi connectivity index (χ4v) is 0.575. The Morgan fingerprint density at radius 1 is 1.29 bits per heavy atom. The minimum absolute atomic E-state index is 0.531. The number of ether oxygens (including phenoxy) is 2. The Morgan fingerprint density at radius 3 is 1.76 bits per heavy atom. The van der Waals surface area contributed by atoms with E-state index in [1.807, 2.05) is 0 Å². The first-order chi connectivity index (χ1) is 7.87. The van der Waals surface area contributed by atoms with Crippen molar-refractivity contribution >= 4 is 5.97 Å². The van der Waals surface area contributed by atoms with Gasteiger partial charge in [-0.3, -0.25) is 0 Å². The standard InChI is InChI=1S/C4H8O.C3H6O3.C2H3F3O/c1-2-4-5-3-1;1-6-3(5)2-4;3-2(4,5)1-6/h1-4H2;4H,2H2,1H3;6H,1H2. The molecule has 0 atom stereocenters. The molecule has 0 radical (unpaired) electrons. The molecule has 0 spiro atoms. The predicted molar refractivity (Wildman–Crippen MR) is 52.3 cm³/mol. The van der Waals surface area contributed by atoms with Crippen molar-refractivity contribution < 1.29 is 37.7 Å². The Bertz CT molecular complexity index is 166. The number of halogens is 3. The third-order valence-corrected chi connectivity index (χ3v) is 1.36. The molecule has 0 unspecified atom stereocenters. The second kappa shape index (κ2) is 11.6. The van der Waals surface area contributed by atoms with Crippen LogP contribution in [-0.4, -0.2) is 55.9 Å². The van der Waals surface area contributed by atoms with Crippen LogP contribution < -0.4 is 0 Å². The zero-order valence-electron chi connectivity index (χ0n) is 9.50. The van der Waals surface area contributed by atoms with Crippen LogP contribution in [0.25, 0.3) is 0 Å². The Hall–Kier alpha value is -0.860. The zero-order chi connectivity index (χ0) is 13.7. The van der Waals surface area contributed by atoms with E-state index < -0.39 is 25.4 Å². The van der Waals surface area contributed by atoms with Crippen molar-refractivity contribution in [3.05, 3.63) is 0 Å². The van der Waals surface area contributed by atoms with Crippen molar-refractivity contribution in [3.8, 4) is 0 Å². The molecule has 1 rings (SSSR count). The van der Waals surface area contributed by atoms with Gasteiger partial charge in [0.25, 0.3) is 0 Å². The molecule has 1 saturated heterocycles. The van der Waals surface area contributed by atoms with Crippen LogP contribution >= 0.6 is 0 Å². The minimum Gasteiger partial charge on any atom is -0.467 e. The van der Waals surface area contributed by atoms with E-state index in [9.17, 15) is 18.0 Å². The van der Waals surface area contributed by atoms with Crippen LogP contribution in [0.1, 0.15) is 12.8 Å². The summed E-state index contributed by atoms with van der Waals surface area (Å²) in [7, 11) is 1.22. The molecule has 0 aromatic heterocycles. The lowest BCUT2D eigenvalue weighted by molar-refractivity contribution is -0.159. The van der Waals surface area contributed by atoms with Gasteiger partial charge in [0.1, 0.15) is 13.2 Å². The van der Waals surface area contributed by atoms with Crippen LogP contribution in [0.15, 0.2) is 0 Å². The highest BCUT2D eigenvalue weighted by Gasteiger charge is 2.24. The maximum atomic E-state index is 10.5. The maximum absolute atomic E-state index is 10.5. The first-order valence-electron chi connectivity index (χ1n) is 4.80. The zero-order valence-corrected chi connectivity index (χ0v) is 9.50.